The van der Waals surface area contributed by atoms with Crippen LogP contribution in [0, 0.1) is 0 Å². The molecular formula is C12H16BrNO3S. The molecule has 0 spiro atoms. The van der Waals surface area contributed by atoms with Gasteiger partial charge in [-0.15, -0.1) is 0 Å². The average molecular weight is 334 g/mol. The summed E-state index contributed by atoms with van der Waals surface area (Å²) >= 11 is 3.27. The van der Waals surface area contributed by atoms with Crippen LogP contribution in [0.3, 0.4) is 0 Å². The fraction of sp³-hybridized carbons (Fsp3) is 0.500. The Hall–Kier alpha value is -0.430. The number of sulfone groups is 1. The molecule has 18 heavy (non-hydrogen) atoms. The zero-order valence-corrected chi connectivity index (χ0v) is 12.3. The van der Waals surface area contributed by atoms with Crippen molar-refractivity contribution in [2.24, 2.45) is 0 Å². The third-order valence-corrected chi connectivity index (χ3v) is 5.26. The van der Waals surface area contributed by atoms with Gasteiger partial charge >= 0.3 is 0 Å². The summed E-state index contributed by atoms with van der Waals surface area (Å²) < 4.78 is 25.0. The number of likely N-dealkylation sites (tertiary alicyclic amines) is 1. The lowest BCUT2D eigenvalue weighted by molar-refractivity contribution is 0.178. The van der Waals surface area contributed by atoms with Gasteiger partial charge in [0.1, 0.15) is 0 Å². The number of rotatable bonds is 4. The molecule has 1 fully saturated rings. The molecule has 1 aliphatic heterocycles. The Labute approximate surface area is 116 Å². The van der Waals surface area contributed by atoms with Crippen molar-refractivity contribution in [2.75, 3.05) is 25.4 Å². The average Bonchev–Trinajstić information content (AvgIpc) is 2.73. The molecule has 0 aliphatic carbocycles. The van der Waals surface area contributed by atoms with Gasteiger partial charge in [-0.3, -0.25) is 4.90 Å². The lowest BCUT2D eigenvalue weighted by Gasteiger charge is -2.14. The van der Waals surface area contributed by atoms with Crippen LogP contribution in [0.1, 0.15) is 6.42 Å². The van der Waals surface area contributed by atoms with Crippen LogP contribution in [0.4, 0.5) is 0 Å². The molecule has 1 heterocycles. The summed E-state index contributed by atoms with van der Waals surface area (Å²) in [6.45, 7) is 1.83. The molecule has 0 bridgehead atoms. The first-order valence-electron chi connectivity index (χ1n) is 5.86. The number of halogens is 1. The number of benzene rings is 1. The van der Waals surface area contributed by atoms with E-state index >= 15 is 0 Å². The van der Waals surface area contributed by atoms with Gasteiger partial charge in [-0.2, -0.15) is 0 Å². The van der Waals surface area contributed by atoms with Gasteiger partial charge in [-0.1, -0.05) is 22.0 Å². The first kappa shape index (κ1) is 14.0. The molecule has 1 aromatic rings. The molecule has 4 nitrogen and oxygen atoms in total. The van der Waals surface area contributed by atoms with Gasteiger partial charge in [0.15, 0.2) is 9.84 Å². The van der Waals surface area contributed by atoms with Crippen molar-refractivity contribution in [3.8, 4) is 0 Å². The van der Waals surface area contributed by atoms with Crippen LogP contribution in [0.15, 0.2) is 33.6 Å². The van der Waals surface area contributed by atoms with Crippen LogP contribution in [0.2, 0.25) is 0 Å². The third kappa shape index (κ3) is 3.54. The van der Waals surface area contributed by atoms with Crippen LogP contribution in [-0.4, -0.2) is 49.9 Å². The Morgan fingerprint density at radius 1 is 1.44 bits per heavy atom. The van der Waals surface area contributed by atoms with Gasteiger partial charge in [0, 0.05) is 24.1 Å². The molecule has 1 atom stereocenters. The molecule has 1 saturated heterocycles. The minimum atomic E-state index is -3.24. The Morgan fingerprint density at radius 3 is 2.83 bits per heavy atom. The van der Waals surface area contributed by atoms with E-state index in [1.54, 1.807) is 24.3 Å². The van der Waals surface area contributed by atoms with Crippen LogP contribution in [0.5, 0.6) is 0 Å². The minimum absolute atomic E-state index is 0.0934. The standard InChI is InChI=1S/C12H16BrNO3S/c13-10-2-1-3-12(8-10)18(16,17)7-6-14-5-4-11(15)9-14/h1-3,8,11,15H,4-7,9H2/t11-/m0/s1. The topological polar surface area (TPSA) is 57.6 Å². The van der Waals surface area contributed by atoms with Crippen molar-refractivity contribution in [3.63, 3.8) is 0 Å². The second-order valence-corrected chi connectivity index (χ2v) is 7.54. The molecule has 0 radical (unpaired) electrons. The summed E-state index contributed by atoms with van der Waals surface area (Å²) in [6.07, 6.45) is 0.426. The summed E-state index contributed by atoms with van der Waals surface area (Å²) in [4.78, 5) is 2.33. The lowest BCUT2D eigenvalue weighted by atomic mass is 10.3. The summed E-state index contributed by atoms with van der Waals surface area (Å²) in [6, 6.07) is 6.75. The number of aliphatic hydroxyl groups is 1. The highest BCUT2D eigenvalue weighted by molar-refractivity contribution is 9.10. The van der Waals surface area contributed by atoms with Gasteiger partial charge in [0.25, 0.3) is 0 Å². The van der Waals surface area contributed by atoms with Crippen molar-refractivity contribution in [1.82, 2.24) is 4.90 Å². The maximum Gasteiger partial charge on any atom is 0.179 e. The molecule has 2 rings (SSSR count). The largest absolute Gasteiger partial charge is 0.392 e. The molecule has 1 aliphatic rings. The lowest BCUT2D eigenvalue weighted by Crippen LogP contribution is -2.28. The number of nitrogens with zero attached hydrogens (tertiary/aromatic N) is 1. The van der Waals surface area contributed by atoms with Crippen LogP contribution < -0.4 is 0 Å². The van der Waals surface area contributed by atoms with Gasteiger partial charge in [0.05, 0.1) is 16.8 Å². The third-order valence-electron chi connectivity index (χ3n) is 3.08. The Balaban J connectivity index is 1.99. The van der Waals surface area contributed by atoms with E-state index in [9.17, 15) is 13.5 Å². The molecule has 0 aromatic heterocycles. The minimum Gasteiger partial charge on any atom is -0.392 e. The van der Waals surface area contributed by atoms with E-state index in [0.717, 1.165) is 17.4 Å². The second kappa shape index (κ2) is 5.69. The fourth-order valence-corrected chi connectivity index (χ4v) is 3.92. The molecule has 1 N–H and O–H groups in total. The molecule has 0 unspecified atom stereocenters. The van der Waals surface area contributed by atoms with E-state index in [-0.39, 0.29) is 11.9 Å². The highest BCUT2D eigenvalue weighted by Gasteiger charge is 2.22. The predicted molar refractivity (Wildman–Crippen MR) is 73.3 cm³/mol. The predicted octanol–water partition coefficient (Wildman–Crippen LogP) is 1.29. The number of hydrogen-bond acceptors (Lipinski definition) is 4. The Kier molecular flexibility index (Phi) is 4.42. The zero-order chi connectivity index (χ0) is 13.2. The van der Waals surface area contributed by atoms with Crippen molar-refractivity contribution in [3.05, 3.63) is 28.7 Å². The van der Waals surface area contributed by atoms with E-state index in [2.05, 4.69) is 15.9 Å². The van der Waals surface area contributed by atoms with Crippen LogP contribution >= 0.6 is 15.9 Å². The smallest absolute Gasteiger partial charge is 0.179 e. The summed E-state index contributed by atoms with van der Waals surface area (Å²) in [7, 11) is -3.24. The van der Waals surface area contributed by atoms with Gasteiger partial charge < -0.3 is 5.11 Å². The Morgan fingerprint density at radius 2 is 2.22 bits per heavy atom. The maximum atomic E-state index is 12.1. The van der Waals surface area contributed by atoms with Crippen molar-refractivity contribution in [2.45, 2.75) is 17.4 Å². The van der Waals surface area contributed by atoms with Gasteiger partial charge in [0.2, 0.25) is 0 Å². The molecule has 1 aromatic carbocycles. The highest BCUT2D eigenvalue weighted by atomic mass is 79.9. The number of aliphatic hydroxyl groups excluding tert-OH is 1. The number of β-amino-alcohol motifs (C(OH)–C–C–N with tert-alkyl or cyclic N) is 1. The summed E-state index contributed by atoms with van der Waals surface area (Å²) in [5, 5.41) is 9.39. The van der Waals surface area contributed by atoms with Crippen LogP contribution in [0.25, 0.3) is 0 Å². The fourth-order valence-electron chi connectivity index (χ4n) is 2.04. The molecule has 6 heteroatoms. The van der Waals surface area contributed by atoms with Gasteiger partial charge in [-0.05, 0) is 24.6 Å². The number of hydrogen-bond donors (Lipinski definition) is 1. The first-order valence-corrected chi connectivity index (χ1v) is 8.31. The monoisotopic (exact) mass is 333 g/mol. The van der Waals surface area contributed by atoms with E-state index in [1.807, 2.05) is 4.90 Å². The summed E-state index contributed by atoms with van der Waals surface area (Å²) in [5.41, 5.74) is 0. The van der Waals surface area contributed by atoms with E-state index < -0.39 is 9.84 Å². The van der Waals surface area contributed by atoms with Crippen molar-refractivity contribution >= 4 is 25.8 Å². The highest BCUT2D eigenvalue weighted by Crippen LogP contribution is 2.18. The molecule has 0 saturated carbocycles. The zero-order valence-electron chi connectivity index (χ0n) is 9.92. The van der Waals surface area contributed by atoms with E-state index in [4.69, 9.17) is 0 Å². The van der Waals surface area contributed by atoms with Gasteiger partial charge in [-0.25, -0.2) is 8.42 Å². The first-order chi connectivity index (χ1) is 8.47. The van der Waals surface area contributed by atoms with Crippen molar-refractivity contribution in [1.29, 1.82) is 0 Å². The maximum absolute atomic E-state index is 12.1. The second-order valence-electron chi connectivity index (χ2n) is 4.52. The van der Waals surface area contributed by atoms with Crippen molar-refractivity contribution < 1.29 is 13.5 Å². The quantitative estimate of drug-likeness (QED) is 0.902. The molecular weight excluding hydrogens is 318 g/mol. The normalized spacial score (nSPS) is 21.3. The SMILES string of the molecule is O=S(=O)(CCN1CC[C@H](O)C1)c1cccc(Br)c1. The van der Waals surface area contributed by atoms with E-state index in [1.165, 1.54) is 0 Å². The molecule has 0 amide bonds. The van der Waals surface area contributed by atoms with E-state index in [0.29, 0.717) is 18.0 Å². The Bertz CT molecular complexity index is 518. The molecule has 100 valence electrons. The van der Waals surface area contributed by atoms with Crippen LogP contribution in [-0.2, 0) is 9.84 Å². The summed E-state index contributed by atoms with van der Waals surface area (Å²) in [5.74, 6) is 0.0934.